The van der Waals surface area contributed by atoms with Crippen molar-refractivity contribution < 1.29 is 10.0 Å². The van der Waals surface area contributed by atoms with Crippen molar-refractivity contribution in [2.45, 2.75) is 45.6 Å². The Kier molecular flexibility index (Phi) is 3.55. The number of nitrogens with zero attached hydrogens (tertiary/aromatic N) is 1. The van der Waals surface area contributed by atoms with Crippen LogP contribution in [0.5, 0.6) is 0 Å². The van der Waals surface area contributed by atoms with E-state index in [0.717, 1.165) is 25.7 Å². The second-order valence-electron chi connectivity index (χ2n) is 4.57. The summed E-state index contributed by atoms with van der Waals surface area (Å²) < 4.78 is 0. The molecule has 1 saturated carbocycles. The topological polar surface area (TPSA) is 87.7 Å². The van der Waals surface area contributed by atoms with Crippen LogP contribution in [0.15, 0.2) is 5.16 Å². The molecule has 86 valence electrons. The van der Waals surface area contributed by atoms with Crippen LogP contribution in [0.25, 0.3) is 0 Å². The van der Waals surface area contributed by atoms with Gasteiger partial charge in [0.05, 0.1) is 0 Å². The summed E-state index contributed by atoms with van der Waals surface area (Å²) >= 11 is 0. The van der Waals surface area contributed by atoms with Gasteiger partial charge in [0.25, 0.3) is 0 Å². The Labute approximate surface area is 89.7 Å². The van der Waals surface area contributed by atoms with Crippen LogP contribution in [-0.2, 0) is 4.79 Å². The lowest BCUT2D eigenvalue weighted by molar-refractivity contribution is -0.127. The number of rotatable bonds is 3. The first-order valence-corrected chi connectivity index (χ1v) is 5.27. The molecule has 0 aromatic carbocycles. The van der Waals surface area contributed by atoms with Gasteiger partial charge in [-0.1, -0.05) is 18.0 Å². The quantitative estimate of drug-likeness (QED) is 0.281. The number of carbonyl (C=O) groups excluding carboxylic acids is 1. The molecule has 1 amide bonds. The second-order valence-corrected chi connectivity index (χ2v) is 4.57. The fraction of sp³-hybridized carbons (Fsp3) is 0.800. The van der Waals surface area contributed by atoms with Crippen molar-refractivity contribution in [2.75, 3.05) is 0 Å². The fourth-order valence-corrected chi connectivity index (χ4v) is 1.68. The fourth-order valence-electron chi connectivity index (χ4n) is 1.68. The van der Waals surface area contributed by atoms with Gasteiger partial charge in [-0.3, -0.25) is 4.79 Å². The average Bonchev–Trinajstić information content (AvgIpc) is 2.68. The van der Waals surface area contributed by atoms with Gasteiger partial charge in [0.2, 0.25) is 5.91 Å². The SMILES string of the molecule is CC(C)(C(=O)NC1CCCC1)C(N)=NO. The molecule has 0 atom stereocenters. The molecule has 0 aromatic rings. The van der Waals surface area contributed by atoms with Crippen molar-refractivity contribution in [3.05, 3.63) is 0 Å². The molecule has 5 heteroatoms. The van der Waals surface area contributed by atoms with Crippen LogP contribution in [-0.4, -0.2) is 23.0 Å². The Morgan fingerprint density at radius 1 is 1.47 bits per heavy atom. The van der Waals surface area contributed by atoms with E-state index in [-0.39, 0.29) is 17.8 Å². The number of amides is 1. The number of nitrogens with one attached hydrogen (secondary N) is 1. The highest BCUT2D eigenvalue weighted by atomic mass is 16.4. The van der Waals surface area contributed by atoms with Crippen LogP contribution < -0.4 is 11.1 Å². The summed E-state index contributed by atoms with van der Waals surface area (Å²) in [6.07, 6.45) is 4.37. The Balaban J connectivity index is 2.58. The lowest BCUT2D eigenvalue weighted by atomic mass is 9.90. The molecular weight excluding hydrogens is 194 g/mol. The van der Waals surface area contributed by atoms with Crippen molar-refractivity contribution >= 4 is 11.7 Å². The third-order valence-electron chi connectivity index (χ3n) is 3.01. The third-order valence-corrected chi connectivity index (χ3v) is 3.01. The summed E-state index contributed by atoms with van der Waals surface area (Å²) in [5.41, 5.74) is 4.52. The molecule has 5 nitrogen and oxygen atoms in total. The molecule has 1 fully saturated rings. The van der Waals surface area contributed by atoms with Gasteiger partial charge in [-0.2, -0.15) is 0 Å². The lowest BCUT2D eigenvalue weighted by Crippen LogP contribution is -2.48. The van der Waals surface area contributed by atoms with Gasteiger partial charge in [-0.15, -0.1) is 0 Å². The monoisotopic (exact) mass is 213 g/mol. The summed E-state index contributed by atoms with van der Waals surface area (Å²) in [5, 5.41) is 14.4. The van der Waals surface area contributed by atoms with E-state index in [1.165, 1.54) is 0 Å². The normalized spacial score (nSPS) is 19.2. The van der Waals surface area contributed by atoms with Crippen molar-refractivity contribution in [3.8, 4) is 0 Å². The predicted octanol–water partition coefficient (Wildman–Crippen LogP) is 0.818. The molecule has 0 radical (unpaired) electrons. The van der Waals surface area contributed by atoms with Crippen LogP contribution in [0.3, 0.4) is 0 Å². The summed E-state index contributed by atoms with van der Waals surface area (Å²) in [6.45, 7) is 3.29. The van der Waals surface area contributed by atoms with Crippen molar-refractivity contribution in [3.63, 3.8) is 0 Å². The largest absolute Gasteiger partial charge is 0.409 e. The third kappa shape index (κ3) is 2.61. The highest BCUT2D eigenvalue weighted by molar-refractivity contribution is 6.05. The zero-order chi connectivity index (χ0) is 11.5. The van der Waals surface area contributed by atoms with Crippen LogP contribution in [0, 0.1) is 5.41 Å². The maximum atomic E-state index is 11.8. The molecule has 0 spiro atoms. The Morgan fingerprint density at radius 2 is 2.00 bits per heavy atom. The first kappa shape index (κ1) is 11.8. The van der Waals surface area contributed by atoms with E-state index in [1.807, 2.05) is 0 Å². The van der Waals surface area contributed by atoms with Gasteiger partial charge in [0, 0.05) is 6.04 Å². The van der Waals surface area contributed by atoms with Crippen LogP contribution in [0.2, 0.25) is 0 Å². The molecule has 0 saturated heterocycles. The molecule has 0 heterocycles. The van der Waals surface area contributed by atoms with Gasteiger partial charge < -0.3 is 16.3 Å². The lowest BCUT2D eigenvalue weighted by Gasteiger charge is -2.24. The Morgan fingerprint density at radius 3 is 2.47 bits per heavy atom. The maximum Gasteiger partial charge on any atom is 0.233 e. The number of nitrogens with two attached hydrogens (primary N) is 1. The Bertz CT molecular complexity index is 268. The van der Waals surface area contributed by atoms with E-state index in [0.29, 0.717) is 0 Å². The number of carbonyl (C=O) groups is 1. The van der Waals surface area contributed by atoms with Gasteiger partial charge in [0.15, 0.2) is 5.84 Å². The average molecular weight is 213 g/mol. The van der Waals surface area contributed by atoms with E-state index in [4.69, 9.17) is 10.9 Å². The number of hydrogen-bond donors (Lipinski definition) is 3. The number of oxime groups is 1. The van der Waals surface area contributed by atoms with Crippen LogP contribution in [0.1, 0.15) is 39.5 Å². The highest BCUT2D eigenvalue weighted by Gasteiger charge is 2.34. The predicted molar refractivity (Wildman–Crippen MR) is 57.6 cm³/mol. The highest BCUT2D eigenvalue weighted by Crippen LogP contribution is 2.21. The van der Waals surface area contributed by atoms with Gasteiger partial charge in [0.1, 0.15) is 5.41 Å². The van der Waals surface area contributed by atoms with E-state index < -0.39 is 5.41 Å². The minimum atomic E-state index is -0.947. The van der Waals surface area contributed by atoms with Crippen LogP contribution >= 0.6 is 0 Å². The molecule has 0 aromatic heterocycles. The summed E-state index contributed by atoms with van der Waals surface area (Å²) in [5.74, 6) is -0.234. The standard InChI is InChI=1S/C10H19N3O2/c1-10(2,8(11)13-15)9(14)12-7-5-3-4-6-7/h7,15H,3-6H2,1-2H3,(H2,11,13)(H,12,14). The molecule has 1 aliphatic carbocycles. The van der Waals surface area contributed by atoms with E-state index in [9.17, 15) is 4.79 Å². The first-order chi connectivity index (χ1) is 6.98. The molecule has 1 aliphatic rings. The van der Waals surface area contributed by atoms with Crippen molar-refractivity contribution in [2.24, 2.45) is 16.3 Å². The van der Waals surface area contributed by atoms with E-state index in [2.05, 4.69) is 10.5 Å². The van der Waals surface area contributed by atoms with Gasteiger partial charge in [-0.05, 0) is 26.7 Å². The second kappa shape index (κ2) is 4.51. The van der Waals surface area contributed by atoms with E-state index >= 15 is 0 Å². The summed E-state index contributed by atoms with van der Waals surface area (Å²) in [7, 11) is 0. The molecule has 4 N–H and O–H groups in total. The molecular formula is C10H19N3O2. The maximum absolute atomic E-state index is 11.8. The molecule has 15 heavy (non-hydrogen) atoms. The molecule has 1 rings (SSSR count). The smallest absolute Gasteiger partial charge is 0.233 e. The Hall–Kier alpha value is -1.26. The summed E-state index contributed by atoms with van der Waals surface area (Å²) in [6, 6.07) is 0.253. The minimum Gasteiger partial charge on any atom is -0.409 e. The first-order valence-electron chi connectivity index (χ1n) is 5.27. The van der Waals surface area contributed by atoms with Gasteiger partial charge in [-0.25, -0.2) is 0 Å². The van der Waals surface area contributed by atoms with Gasteiger partial charge >= 0.3 is 0 Å². The number of amidine groups is 1. The van der Waals surface area contributed by atoms with E-state index in [1.54, 1.807) is 13.8 Å². The minimum absolute atomic E-state index is 0.0574. The van der Waals surface area contributed by atoms with Crippen molar-refractivity contribution in [1.82, 2.24) is 5.32 Å². The number of hydrogen-bond acceptors (Lipinski definition) is 3. The molecule has 0 unspecified atom stereocenters. The zero-order valence-electron chi connectivity index (χ0n) is 9.29. The summed E-state index contributed by atoms with van der Waals surface area (Å²) in [4.78, 5) is 11.8. The van der Waals surface area contributed by atoms with Crippen LogP contribution in [0.4, 0.5) is 0 Å². The zero-order valence-corrected chi connectivity index (χ0v) is 9.29. The van der Waals surface area contributed by atoms with Crippen molar-refractivity contribution in [1.29, 1.82) is 0 Å². The molecule has 0 bridgehead atoms. The molecule has 0 aliphatic heterocycles.